The molecule has 3 unspecified atom stereocenters. The summed E-state index contributed by atoms with van der Waals surface area (Å²) < 4.78 is 26.9. The van der Waals surface area contributed by atoms with Crippen LogP contribution in [0.25, 0.3) is 0 Å². The van der Waals surface area contributed by atoms with Crippen LogP contribution in [0.3, 0.4) is 0 Å². The molecule has 0 saturated carbocycles. The monoisotopic (exact) mass is 944 g/mol. The van der Waals surface area contributed by atoms with Gasteiger partial charge >= 0.3 is 19.8 Å². The summed E-state index contributed by atoms with van der Waals surface area (Å²) >= 11 is 0. The molecule has 3 atom stereocenters. The number of phosphoric acid groups is 1. The average molecular weight is 944 g/mol. The molecule has 0 saturated heterocycles. The molecule has 1 amide bonds. The third kappa shape index (κ3) is 46.9. The SMILES string of the molecule is CC/C=C\C/C=C\C/C=C\C/C=C\C/C=C\C/C=C\CCC(=O)OCC(O)COP(=O)(O)OCC(NC(=O)CCCCCCCCCCCCCCC/C=C\C/C=C\CCCCC)C(=O)O. The molecule has 376 valence electrons. The number of hydrogen-bond acceptors (Lipinski definition) is 8. The number of aliphatic hydroxyl groups excluding tert-OH is 1. The first-order valence-electron chi connectivity index (χ1n) is 25.3. The van der Waals surface area contributed by atoms with E-state index in [0.29, 0.717) is 12.8 Å². The van der Waals surface area contributed by atoms with Gasteiger partial charge in [0.1, 0.15) is 12.7 Å². The lowest BCUT2D eigenvalue weighted by molar-refractivity contribution is -0.147. The summed E-state index contributed by atoms with van der Waals surface area (Å²) in [5.41, 5.74) is 0. The fourth-order valence-corrected chi connectivity index (χ4v) is 7.26. The second kappa shape index (κ2) is 47.9. The van der Waals surface area contributed by atoms with Gasteiger partial charge < -0.3 is 25.2 Å². The maximum absolute atomic E-state index is 12.4. The number of phosphoric ester groups is 1. The van der Waals surface area contributed by atoms with E-state index >= 15 is 0 Å². The first-order chi connectivity index (χ1) is 32.1. The zero-order chi connectivity index (χ0) is 48.4. The normalized spacial score (nSPS) is 14.4. The number of aliphatic hydroxyl groups is 1. The number of unbranched alkanes of at least 4 members (excludes halogenated alkanes) is 16. The van der Waals surface area contributed by atoms with Gasteiger partial charge in [0.05, 0.1) is 13.2 Å². The van der Waals surface area contributed by atoms with Gasteiger partial charge in [0.2, 0.25) is 5.91 Å². The summed E-state index contributed by atoms with van der Waals surface area (Å²) in [7, 11) is -4.78. The number of nitrogens with one attached hydrogen (secondary N) is 1. The molecule has 0 fully saturated rings. The number of carboxylic acid groups (broad SMARTS) is 1. The van der Waals surface area contributed by atoms with Crippen LogP contribution in [-0.2, 0) is 32.7 Å². The Morgan fingerprint density at radius 3 is 1.35 bits per heavy atom. The molecule has 0 bridgehead atoms. The molecule has 11 nitrogen and oxygen atoms in total. The third-order valence-corrected chi connectivity index (χ3v) is 11.3. The number of carbonyl (C=O) groups is 3. The topological polar surface area (TPSA) is 169 Å². The highest BCUT2D eigenvalue weighted by Crippen LogP contribution is 2.43. The van der Waals surface area contributed by atoms with Crippen LogP contribution in [0.5, 0.6) is 0 Å². The van der Waals surface area contributed by atoms with Crippen molar-refractivity contribution in [3.05, 3.63) is 97.2 Å². The Balaban J connectivity index is 3.92. The van der Waals surface area contributed by atoms with Crippen molar-refractivity contribution in [3.8, 4) is 0 Å². The maximum Gasteiger partial charge on any atom is 0.472 e. The summed E-state index contributed by atoms with van der Waals surface area (Å²) in [6, 6.07) is -1.56. The predicted molar refractivity (Wildman–Crippen MR) is 272 cm³/mol. The van der Waals surface area contributed by atoms with Gasteiger partial charge in [-0.1, -0.05) is 195 Å². The highest BCUT2D eigenvalue weighted by Gasteiger charge is 2.28. The molecule has 0 radical (unpaired) electrons. The van der Waals surface area contributed by atoms with Crippen molar-refractivity contribution in [1.29, 1.82) is 0 Å². The smallest absolute Gasteiger partial charge is 0.472 e. The van der Waals surface area contributed by atoms with E-state index in [2.05, 4.69) is 98.2 Å². The van der Waals surface area contributed by atoms with Crippen LogP contribution >= 0.6 is 7.82 Å². The van der Waals surface area contributed by atoms with Gasteiger partial charge in [0.15, 0.2) is 6.04 Å². The second-order valence-corrected chi connectivity index (χ2v) is 18.1. The number of carboxylic acids is 1. The molecule has 4 N–H and O–H groups in total. The Morgan fingerprint density at radius 1 is 0.500 bits per heavy atom. The van der Waals surface area contributed by atoms with E-state index in [9.17, 15) is 34.1 Å². The number of aliphatic carboxylic acids is 1. The van der Waals surface area contributed by atoms with Crippen LogP contribution in [-0.4, -0.2) is 64.9 Å². The summed E-state index contributed by atoms with van der Waals surface area (Å²) in [5.74, 6) is -2.47. The Kier molecular flexibility index (Phi) is 45.3. The molecule has 0 aromatic heterocycles. The van der Waals surface area contributed by atoms with Crippen LogP contribution in [0.2, 0.25) is 0 Å². The number of carbonyl (C=O) groups excluding carboxylic acids is 2. The number of hydrogen-bond donors (Lipinski definition) is 4. The van der Waals surface area contributed by atoms with Gasteiger partial charge in [0.25, 0.3) is 0 Å². The van der Waals surface area contributed by atoms with E-state index in [4.69, 9.17) is 13.8 Å². The fraction of sp³-hybridized carbons (Fsp3) is 0.648. The van der Waals surface area contributed by atoms with Crippen LogP contribution in [0.15, 0.2) is 97.2 Å². The molecule has 0 aromatic rings. The van der Waals surface area contributed by atoms with E-state index in [0.717, 1.165) is 64.2 Å². The van der Waals surface area contributed by atoms with E-state index in [1.807, 2.05) is 18.2 Å². The predicted octanol–water partition coefficient (Wildman–Crippen LogP) is 14.0. The first-order valence-corrected chi connectivity index (χ1v) is 26.8. The zero-order valence-corrected chi connectivity index (χ0v) is 41.9. The van der Waals surface area contributed by atoms with E-state index in [1.165, 1.54) is 89.9 Å². The van der Waals surface area contributed by atoms with Gasteiger partial charge in [-0.2, -0.15) is 0 Å². The van der Waals surface area contributed by atoms with Gasteiger partial charge in [-0.3, -0.25) is 18.6 Å². The second-order valence-electron chi connectivity index (χ2n) is 16.6. The highest BCUT2D eigenvalue weighted by atomic mass is 31.2. The van der Waals surface area contributed by atoms with Crippen molar-refractivity contribution in [2.75, 3.05) is 19.8 Å². The van der Waals surface area contributed by atoms with E-state index in [-0.39, 0.29) is 12.8 Å². The Labute approximate surface area is 400 Å². The van der Waals surface area contributed by atoms with Gasteiger partial charge in [-0.05, 0) is 83.5 Å². The van der Waals surface area contributed by atoms with Gasteiger partial charge in [-0.15, -0.1) is 0 Å². The number of rotatable bonds is 46. The number of ether oxygens (including phenoxy) is 1. The average Bonchev–Trinajstić information content (AvgIpc) is 3.29. The summed E-state index contributed by atoms with van der Waals surface area (Å²) in [6.07, 6.45) is 61.6. The maximum atomic E-state index is 12.4. The summed E-state index contributed by atoms with van der Waals surface area (Å²) in [4.78, 5) is 46.1. The van der Waals surface area contributed by atoms with Crippen molar-refractivity contribution < 1.29 is 47.8 Å². The van der Waals surface area contributed by atoms with Gasteiger partial charge in [-0.25, -0.2) is 9.36 Å². The molecule has 0 aliphatic carbocycles. The number of amides is 1. The van der Waals surface area contributed by atoms with Crippen molar-refractivity contribution in [3.63, 3.8) is 0 Å². The zero-order valence-electron chi connectivity index (χ0n) is 41.0. The van der Waals surface area contributed by atoms with Crippen molar-refractivity contribution in [2.24, 2.45) is 0 Å². The Bertz CT molecular complexity index is 1480. The minimum Gasteiger partial charge on any atom is -0.480 e. The molecular formula is C54H90NO10P. The fourth-order valence-electron chi connectivity index (χ4n) is 6.49. The number of esters is 1. The molecule has 12 heteroatoms. The lowest BCUT2D eigenvalue weighted by Crippen LogP contribution is -2.43. The molecule has 0 heterocycles. The van der Waals surface area contributed by atoms with E-state index in [1.54, 1.807) is 0 Å². The summed E-state index contributed by atoms with van der Waals surface area (Å²) in [6.45, 7) is 2.39. The van der Waals surface area contributed by atoms with Gasteiger partial charge in [0, 0.05) is 12.8 Å². The largest absolute Gasteiger partial charge is 0.480 e. The van der Waals surface area contributed by atoms with Crippen LogP contribution < -0.4 is 5.32 Å². The third-order valence-electron chi connectivity index (χ3n) is 10.4. The van der Waals surface area contributed by atoms with E-state index < -0.39 is 57.6 Å². The molecule has 0 aliphatic heterocycles. The lowest BCUT2D eigenvalue weighted by atomic mass is 10.0. The molecule has 0 spiro atoms. The van der Waals surface area contributed by atoms with Crippen LogP contribution in [0.4, 0.5) is 0 Å². The molecule has 0 aromatic carbocycles. The van der Waals surface area contributed by atoms with Crippen LogP contribution in [0.1, 0.15) is 194 Å². The van der Waals surface area contributed by atoms with Crippen molar-refractivity contribution >= 4 is 25.7 Å². The van der Waals surface area contributed by atoms with Crippen molar-refractivity contribution in [2.45, 2.75) is 206 Å². The Hall–Kier alpha value is -3.60. The molecular weight excluding hydrogens is 854 g/mol. The molecule has 0 aliphatic rings. The quantitative estimate of drug-likeness (QED) is 0.0199. The lowest BCUT2D eigenvalue weighted by Gasteiger charge is -2.18. The molecule has 66 heavy (non-hydrogen) atoms. The standard InChI is InChI=1S/C54H90NO10P/c1-3-5-7-9-11-13-15-17-19-21-23-24-25-26-28-29-31-33-35-37-39-41-43-45-52(57)55-51(54(59)60)49-65-66(61,62)64-48-50(56)47-63-53(58)46-44-42-40-38-36-34-32-30-27-22-20-18-16-14-12-10-8-6-4-2/h6,8,11-14,17-20,27,30,34,36,40,42,50-51,56H,3-5,7,9-10,15-16,21-26,28-29,31-33,35,37-39,41,43-49H2,1-2H3,(H,55,57)(H,59,60)(H,61,62)/b8-6-,13-11-,14-12-,19-17-,20-18-,30-27-,36-34-,42-40-. The minimum atomic E-state index is -4.78. The van der Waals surface area contributed by atoms with Crippen LogP contribution in [0, 0.1) is 0 Å². The highest BCUT2D eigenvalue weighted by molar-refractivity contribution is 7.47. The first kappa shape index (κ1) is 62.4. The Morgan fingerprint density at radius 2 is 0.894 bits per heavy atom. The molecule has 0 rings (SSSR count). The summed E-state index contributed by atoms with van der Waals surface area (Å²) in [5, 5.41) is 21.9. The number of allylic oxidation sites excluding steroid dienone is 16. The minimum absolute atomic E-state index is 0.0944. The van der Waals surface area contributed by atoms with Crippen molar-refractivity contribution in [1.82, 2.24) is 5.32 Å².